The molecule has 1 N–H and O–H groups in total. The SMILES string of the molecule is O=C(NCCSc1ccccc1)c1ccc(N2C(=O)c3ccccc3C2=O)cc1. The van der Waals surface area contributed by atoms with Gasteiger partial charge in [-0.3, -0.25) is 14.4 Å². The van der Waals surface area contributed by atoms with Crippen LogP contribution in [0.3, 0.4) is 0 Å². The first-order chi connectivity index (χ1) is 14.1. The molecular weight excluding hydrogens is 384 g/mol. The number of nitrogens with zero attached hydrogens (tertiary/aromatic N) is 1. The molecule has 0 unspecified atom stereocenters. The van der Waals surface area contributed by atoms with E-state index in [2.05, 4.69) is 5.32 Å². The first kappa shape index (κ1) is 19.0. The van der Waals surface area contributed by atoms with Crippen molar-refractivity contribution in [1.82, 2.24) is 5.32 Å². The molecule has 0 fully saturated rings. The molecular formula is C23H18N2O3S. The summed E-state index contributed by atoms with van der Waals surface area (Å²) in [6.45, 7) is 0.540. The highest BCUT2D eigenvalue weighted by Gasteiger charge is 2.36. The van der Waals surface area contributed by atoms with Crippen molar-refractivity contribution in [2.45, 2.75) is 4.90 Å². The van der Waals surface area contributed by atoms with Crippen molar-refractivity contribution in [3.05, 3.63) is 95.6 Å². The van der Waals surface area contributed by atoms with Crippen LogP contribution in [0, 0.1) is 0 Å². The van der Waals surface area contributed by atoms with Gasteiger partial charge in [-0.15, -0.1) is 11.8 Å². The third-order valence-electron chi connectivity index (χ3n) is 4.58. The molecule has 4 rings (SSSR count). The molecule has 1 heterocycles. The average Bonchev–Trinajstić information content (AvgIpc) is 3.02. The maximum absolute atomic E-state index is 12.5. The van der Waals surface area contributed by atoms with Crippen molar-refractivity contribution < 1.29 is 14.4 Å². The molecule has 1 aliphatic rings. The topological polar surface area (TPSA) is 66.5 Å². The van der Waals surface area contributed by atoms with Crippen LogP contribution in [0.1, 0.15) is 31.1 Å². The fourth-order valence-corrected chi connectivity index (χ4v) is 3.93. The highest BCUT2D eigenvalue weighted by molar-refractivity contribution is 7.99. The number of hydrogen-bond donors (Lipinski definition) is 1. The largest absolute Gasteiger partial charge is 0.351 e. The van der Waals surface area contributed by atoms with Gasteiger partial charge in [-0.05, 0) is 48.5 Å². The Balaban J connectivity index is 1.36. The van der Waals surface area contributed by atoms with E-state index in [4.69, 9.17) is 0 Å². The van der Waals surface area contributed by atoms with Crippen LogP contribution in [-0.2, 0) is 0 Å². The van der Waals surface area contributed by atoms with Gasteiger partial charge in [0.2, 0.25) is 0 Å². The molecule has 6 heteroatoms. The second-order valence-electron chi connectivity index (χ2n) is 6.46. The van der Waals surface area contributed by atoms with Crippen molar-refractivity contribution in [1.29, 1.82) is 0 Å². The molecule has 5 nitrogen and oxygen atoms in total. The Morgan fingerprint density at radius 1 is 0.793 bits per heavy atom. The van der Waals surface area contributed by atoms with Crippen LogP contribution in [0.4, 0.5) is 5.69 Å². The van der Waals surface area contributed by atoms with Gasteiger partial charge in [0, 0.05) is 22.8 Å². The van der Waals surface area contributed by atoms with E-state index in [1.165, 1.54) is 0 Å². The van der Waals surface area contributed by atoms with Gasteiger partial charge < -0.3 is 5.32 Å². The van der Waals surface area contributed by atoms with Gasteiger partial charge in [-0.1, -0.05) is 30.3 Å². The fourth-order valence-electron chi connectivity index (χ4n) is 3.14. The third kappa shape index (κ3) is 3.93. The number of anilines is 1. The molecule has 3 aromatic rings. The molecule has 144 valence electrons. The number of benzene rings is 3. The maximum Gasteiger partial charge on any atom is 0.266 e. The zero-order valence-corrected chi connectivity index (χ0v) is 16.3. The summed E-state index contributed by atoms with van der Waals surface area (Å²) in [5, 5.41) is 2.88. The Hall–Kier alpha value is -3.38. The number of rotatable bonds is 6. The van der Waals surface area contributed by atoms with Crippen LogP contribution in [0.2, 0.25) is 0 Å². The quantitative estimate of drug-likeness (QED) is 0.384. The maximum atomic E-state index is 12.5. The number of carbonyl (C=O) groups is 3. The van der Waals surface area contributed by atoms with Crippen LogP contribution < -0.4 is 10.2 Å². The highest BCUT2D eigenvalue weighted by atomic mass is 32.2. The number of amides is 3. The molecule has 0 saturated carbocycles. The van der Waals surface area contributed by atoms with Gasteiger partial charge in [0.05, 0.1) is 16.8 Å². The van der Waals surface area contributed by atoms with Crippen molar-refractivity contribution in [3.63, 3.8) is 0 Å². The number of carbonyl (C=O) groups excluding carboxylic acids is 3. The van der Waals surface area contributed by atoms with Crippen LogP contribution in [0.5, 0.6) is 0 Å². The average molecular weight is 402 g/mol. The first-order valence-corrected chi connectivity index (χ1v) is 10.2. The van der Waals surface area contributed by atoms with Gasteiger partial charge in [-0.25, -0.2) is 4.90 Å². The lowest BCUT2D eigenvalue weighted by Crippen LogP contribution is -2.29. The Bertz CT molecular complexity index is 1030. The standard InChI is InChI=1S/C23H18N2O3S/c26-21(24-14-15-29-18-6-2-1-3-7-18)16-10-12-17(13-11-16)25-22(27)19-8-4-5-9-20(19)23(25)28/h1-13H,14-15H2,(H,24,26). The summed E-state index contributed by atoms with van der Waals surface area (Å²) in [6.07, 6.45) is 0. The van der Waals surface area contributed by atoms with Crippen molar-refractivity contribution in [3.8, 4) is 0 Å². The third-order valence-corrected chi connectivity index (χ3v) is 5.60. The van der Waals surface area contributed by atoms with Crippen LogP contribution >= 0.6 is 11.8 Å². The predicted molar refractivity (Wildman–Crippen MR) is 114 cm³/mol. The van der Waals surface area contributed by atoms with Crippen molar-refractivity contribution >= 4 is 35.2 Å². The fraction of sp³-hybridized carbons (Fsp3) is 0.0870. The van der Waals surface area contributed by atoms with E-state index >= 15 is 0 Å². The van der Waals surface area contributed by atoms with Crippen molar-refractivity contribution in [2.75, 3.05) is 17.2 Å². The summed E-state index contributed by atoms with van der Waals surface area (Å²) in [7, 11) is 0. The van der Waals surface area contributed by atoms with Crippen LogP contribution in [0.25, 0.3) is 0 Å². The predicted octanol–water partition coefficient (Wildman–Crippen LogP) is 4.01. The minimum absolute atomic E-state index is 0.187. The lowest BCUT2D eigenvalue weighted by molar-refractivity contribution is 0.0923. The Morgan fingerprint density at radius 2 is 1.38 bits per heavy atom. The highest BCUT2D eigenvalue weighted by Crippen LogP contribution is 2.28. The minimum Gasteiger partial charge on any atom is -0.351 e. The summed E-state index contributed by atoms with van der Waals surface area (Å²) in [5.41, 5.74) is 1.73. The normalized spacial score (nSPS) is 12.8. The molecule has 0 aliphatic carbocycles. The van der Waals surface area contributed by atoms with E-state index in [1.807, 2.05) is 30.3 Å². The number of nitrogens with one attached hydrogen (secondary N) is 1. The van der Waals surface area contributed by atoms with E-state index in [0.717, 1.165) is 15.5 Å². The number of imide groups is 1. The molecule has 0 saturated heterocycles. The Labute approximate surface area is 172 Å². The van der Waals surface area contributed by atoms with Crippen molar-refractivity contribution in [2.24, 2.45) is 0 Å². The second-order valence-corrected chi connectivity index (χ2v) is 7.62. The smallest absolute Gasteiger partial charge is 0.266 e. The summed E-state index contributed by atoms with van der Waals surface area (Å²) in [5.74, 6) is -0.114. The Kier molecular flexibility index (Phi) is 5.44. The lowest BCUT2D eigenvalue weighted by atomic mass is 10.1. The molecule has 0 spiro atoms. The van der Waals surface area contributed by atoms with E-state index in [0.29, 0.717) is 28.9 Å². The first-order valence-electron chi connectivity index (χ1n) is 9.19. The van der Waals surface area contributed by atoms with Crippen LogP contribution in [0.15, 0.2) is 83.8 Å². The molecule has 29 heavy (non-hydrogen) atoms. The zero-order chi connectivity index (χ0) is 20.2. The van der Waals surface area contributed by atoms with Gasteiger partial charge in [-0.2, -0.15) is 0 Å². The molecule has 0 aromatic heterocycles. The summed E-state index contributed by atoms with van der Waals surface area (Å²) >= 11 is 1.67. The Morgan fingerprint density at radius 3 is 2.00 bits per heavy atom. The number of thioether (sulfide) groups is 1. The lowest BCUT2D eigenvalue weighted by Gasteiger charge is -2.14. The summed E-state index contributed by atoms with van der Waals surface area (Å²) in [4.78, 5) is 39.7. The van der Waals surface area contributed by atoms with Gasteiger partial charge in [0.25, 0.3) is 17.7 Å². The molecule has 0 radical (unpaired) electrons. The van der Waals surface area contributed by atoms with E-state index in [1.54, 1.807) is 60.3 Å². The summed E-state index contributed by atoms with van der Waals surface area (Å²) < 4.78 is 0. The van der Waals surface area contributed by atoms with E-state index in [-0.39, 0.29) is 17.7 Å². The molecule has 3 aromatic carbocycles. The molecule has 0 bridgehead atoms. The second kappa shape index (κ2) is 8.32. The summed E-state index contributed by atoms with van der Waals surface area (Å²) in [6, 6.07) is 23.2. The number of hydrogen-bond acceptors (Lipinski definition) is 4. The minimum atomic E-state index is -0.347. The number of fused-ring (bicyclic) bond motifs is 1. The monoisotopic (exact) mass is 402 g/mol. The van der Waals surface area contributed by atoms with Crippen LogP contribution in [-0.4, -0.2) is 30.0 Å². The zero-order valence-electron chi connectivity index (χ0n) is 15.5. The molecule has 0 atom stereocenters. The van der Waals surface area contributed by atoms with Gasteiger partial charge in [0.15, 0.2) is 0 Å². The van der Waals surface area contributed by atoms with E-state index < -0.39 is 0 Å². The molecule has 3 amide bonds. The van der Waals surface area contributed by atoms with Gasteiger partial charge >= 0.3 is 0 Å². The molecule has 1 aliphatic heterocycles. The van der Waals surface area contributed by atoms with Gasteiger partial charge in [0.1, 0.15) is 0 Å². The van der Waals surface area contributed by atoms with E-state index in [9.17, 15) is 14.4 Å².